The molecule has 2 aromatic heterocycles. The van der Waals surface area contributed by atoms with Gasteiger partial charge in [0.05, 0.1) is 12.4 Å². The van der Waals surface area contributed by atoms with Crippen molar-refractivity contribution in [3.63, 3.8) is 0 Å². The number of rotatable bonds is 3. The number of aliphatic hydroxyl groups is 1. The third-order valence-electron chi connectivity index (χ3n) is 3.32. The monoisotopic (exact) mass is 292 g/mol. The molecule has 0 radical (unpaired) electrons. The van der Waals surface area contributed by atoms with E-state index < -0.39 is 24.0 Å². The van der Waals surface area contributed by atoms with Gasteiger partial charge in [0, 0.05) is 19.0 Å². The minimum Gasteiger partial charge on any atom is -0.480 e. The van der Waals surface area contributed by atoms with E-state index in [2.05, 4.69) is 5.16 Å². The van der Waals surface area contributed by atoms with Gasteiger partial charge in [-0.1, -0.05) is 5.16 Å². The number of hydrogen-bond donors (Lipinski definition) is 2. The van der Waals surface area contributed by atoms with Gasteiger partial charge in [-0.25, -0.2) is 4.79 Å². The molecule has 1 aliphatic heterocycles. The van der Waals surface area contributed by atoms with E-state index in [9.17, 15) is 14.7 Å². The first-order chi connectivity index (χ1) is 10.1. The highest BCUT2D eigenvalue weighted by atomic mass is 16.5. The minimum absolute atomic E-state index is 0.00393. The minimum atomic E-state index is -1.16. The Bertz CT molecular complexity index is 662. The van der Waals surface area contributed by atoms with Crippen molar-refractivity contribution in [3.05, 3.63) is 30.2 Å². The van der Waals surface area contributed by atoms with E-state index in [0.717, 1.165) is 4.90 Å². The summed E-state index contributed by atoms with van der Waals surface area (Å²) in [5.74, 6) is -1.07. The summed E-state index contributed by atoms with van der Waals surface area (Å²) in [6.45, 7) is -0.0429. The average molecular weight is 292 g/mol. The Balaban J connectivity index is 1.83. The van der Waals surface area contributed by atoms with Crippen molar-refractivity contribution in [1.82, 2.24) is 10.1 Å². The van der Waals surface area contributed by atoms with Crippen LogP contribution in [0.25, 0.3) is 11.5 Å². The van der Waals surface area contributed by atoms with Gasteiger partial charge < -0.3 is 24.1 Å². The molecule has 8 heteroatoms. The van der Waals surface area contributed by atoms with Crippen LogP contribution in [-0.2, 0) is 4.79 Å². The second-order valence-corrected chi connectivity index (χ2v) is 4.75. The summed E-state index contributed by atoms with van der Waals surface area (Å²) in [5, 5.41) is 22.3. The van der Waals surface area contributed by atoms with Crippen LogP contribution in [0, 0.1) is 0 Å². The molecule has 0 spiro atoms. The van der Waals surface area contributed by atoms with Crippen molar-refractivity contribution < 1.29 is 28.7 Å². The normalized spacial score (nSPS) is 21.7. The van der Waals surface area contributed by atoms with Gasteiger partial charge >= 0.3 is 5.97 Å². The second kappa shape index (κ2) is 5.06. The number of furan rings is 1. The van der Waals surface area contributed by atoms with Crippen LogP contribution < -0.4 is 0 Å². The van der Waals surface area contributed by atoms with E-state index in [4.69, 9.17) is 14.0 Å². The van der Waals surface area contributed by atoms with Crippen LogP contribution in [0.5, 0.6) is 0 Å². The number of nitrogens with zero attached hydrogens (tertiary/aromatic N) is 2. The molecule has 3 rings (SSSR count). The number of amides is 1. The van der Waals surface area contributed by atoms with Gasteiger partial charge in [0.15, 0.2) is 11.5 Å². The van der Waals surface area contributed by atoms with Crippen molar-refractivity contribution in [2.24, 2.45) is 0 Å². The third-order valence-corrected chi connectivity index (χ3v) is 3.32. The predicted octanol–water partition coefficient (Wildman–Crippen LogP) is 0.595. The van der Waals surface area contributed by atoms with Crippen molar-refractivity contribution >= 4 is 11.9 Å². The molecular formula is C13H12N2O6. The smallest absolute Gasteiger partial charge is 0.326 e. The second-order valence-electron chi connectivity index (χ2n) is 4.75. The van der Waals surface area contributed by atoms with E-state index in [1.54, 1.807) is 12.1 Å². The molecule has 0 aromatic carbocycles. The Morgan fingerprint density at radius 1 is 1.38 bits per heavy atom. The maximum Gasteiger partial charge on any atom is 0.326 e. The van der Waals surface area contributed by atoms with Gasteiger partial charge in [-0.05, 0) is 12.1 Å². The predicted molar refractivity (Wildman–Crippen MR) is 67.3 cm³/mol. The molecule has 0 bridgehead atoms. The molecule has 0 aliphatic carbocycles. The number of hydrogen-bond acceptors (Lipinski definition) is 6. The molecule has 1 saturated heterocycles. The van der Waals surface area contributed by atoms with Crippen molar-refractivity contribution in [3.8, 4) is 11.5 Å². The summed E-state index contributed by atoms with van der Waals surface area (Å²) in [4.78, 5) is 24.5. The maximum atomic E-state index is 12.3. The molecule has 8 nitrogen and oxygen atoms in total. The first-order valence-corrected chi connectivity index (χ1v) is 6.28. The molecule has 2 N–H and O–H groups in total. The van der Waals surface area contributed by atoms with Crippen LogP contribution in [-0.4, -0.2) is 50.8 Å². The highest BCUT2D eigenvalue weighted by molar-refractivity contribution is 5.96. The lowest BCUT2D eigenvalue weighted by Gasteiger charge is -2.19. The zero-order valence-corrected chi connectivity index (χ0v) is 10.8. The van der Waals surface area contributed by atoms with Crippen LogP contribution in [0.15, 0.2) is 33.4 Å². The van der Waals surface area contributed by atoms with Crippen LogP contribution in [0.3, 0.4) is 0 Å². The Kier molecular flexibility index (Phi) is 3.22. The van der Waals surface area contributed by atoms with Gasteiger partial charge in [-0.2, -0.15) is 0 Å². The summed E-state index contributed by atoms with van der Waals surface area (Å²) in [7, 11) is 0. The highest BCUT2D eigenvalue weighted by Gasteiger charge is 2.40. The van der Waals surface area contributed by atoms with Gasteiger partial charge in [0.1, 0.15) is 6.04 Å². The lowest BCUT2D eigenvalue weighted by atomic mass is 10.2. The first-order valence-electron chi connectivity index (χ1n) is 6.28. The number of carboxylic acids is 1. The molecule has 1 aliphatic rings. The van der Waals surface area contributed by atoms with Gasteiger partial charge in [-0.15, -0.1) is 0 Å². The molecule has 2 atom stereocenters. The number of carbonyl (C=O) groups is 2. The van der Waals surface area contributed by atoms with Crippen molar-refractivity contribution in [1.29, 1.82) is 0 Å². The molecular weight excluding hydrogens is 280 g/mol. The van der Waals surface area contributed by atoms with Crippen molar-refractivity contribution in [2.75, 3.05) is 6.54 Å². The number of β-amino-alcohol motifs (C(OH)–C–C–N with tert-alkyl or cyclic N) is 1. The number of aromatic nitrogens is 1. The van der Waals surface area contributed by atoms with Crippen LogP contribution in [0.1, 0.15) is 16.9 Å². The van der Waals surface area contributed by atoms with Gasteiger partial charge in [0.2, 0.25) is 5.76 Å². The summed E-state index contributed by atoms with van der Waals surface area (Å²) in [6.07, 6.45) is 0.604. The molecule has 3 heterocycles. The number of carboxylic acid groups (broad SMARTS) is 1. The lowest BCUT2D eigenvalue weighted by molar-refractivity contribution is -0.141. The molecule has 1 amide bonds. The van der Waals surface area contributed by atoms with E-state index in [1.165, 1.54) is 12.3 Å². The van der Waals surface area contributed by atoms with Crippen molar-refractivity contribution in [2.45, 2.75) is 18.6 Å². The summed E-state index contributed by atoms with van der Waals surface area (Å²) < 4.78 is 10.1. The lowest BCUT2D eigenvalue weighted by Crippen LogP contribution is -2.40. The summed E-state index contributed by atoms with van der Waals surface area (Å²) >= 11 is 0. The fourth-order valence-corrected chi connectivity index (χ4v) is 2.33. The number of carbonyl (C=O) groups excluding carboxylic acids is 1. The Morgan fingerprint density at radius 3 is 2.86 bits per heavy atom. The summed E-state index contributed by atoms with van der Waals surface area (Å²) in [6, 6.07) is 3.63. The molecule has 21 heavy (non-hydrogen) atoms. The average Bonchev–Trinajstić information content (AvgIpc) is 3.17. The van der Waals surface area contributed by atoms with Gasteiger partial charge in [-0.3, -0.25) is 4.79 Å². The van der Waals surface area contributed by atoms with Crippen LogP contribution in [0.4, 0.5) is 0 Å². The Labute approximate surface area is 118 Å². The Morgan fingerprint density at radius 2 is 2.19 bits per heavy atom. The fourth-order valence-electron chi connectivity index (χ4n) is 2.33. The largest absolute Gasteiger partial charge is 0.480 e. The quantitative estimate of drug-likeness (QED) is 0.850. The molecule has 2 aromatic rings. The highest BCUT2D eigenvalue weighted by Crippen LogP contribution is 2.24. The molecule has 1 fully saturated rings. The SMILES string of the molecule is O=C(O)[C@@H]1C[C@H](O)CN1C(=O)c1cc(-c2ccco2)on1. The van der Waals surface area contributed by atoms with Gasteiger partial charge in [0.25, 0.3) is 5.91 Å². The number of aliphatic hydroxyl groups excluding tert-OH is 1. The van der Waals surface area contributed by atoms with E-state index >= 15 is 0 Å². The molecule has 0 unspecified atom stereocenters. The fraction of sp³-hybridized carbons (Fsp3) is 0.308. The topological polar surface area (TPSA) is 117 Å². The van der Waals surface area contributed by atoms with Crippen LogP contribution in [0.2, 0.25) is 0 Å². The zero-order valence-electron chi connectivity index (χ0n) is 10.8. The standard InChI is InChI=1S/C13H12N2O6/c16-7-4-9(13(18)19)15(6-7)12(17)8-5-11(21-14-8)10-2-1-3-20-10/h1-3,5,7,9,16H,4,6H2,(H,18,19)/t7-,9-/m0/s1. The first kappa shape index (κ1) is 13.4. The van der Waals surface area contributed by atoms with E-state index in [1.807, 2.05) is 0 Å². The molecule has 110 valence electrons. The number of aliphatic carboxylic acids is 1. The third kappa shape index (κ3) is 2.40. The summed E-state index contributed by atoms with van der Waals surface area (Å²) in [5.41, 5.74) is -0.0262. The maximum absolute atomic E-state index is 12.3. The number of likely N-dealkylation sites (tertiary alicyclic amines) is 1. The molecule has 0 saturated carbocycles. The van der Waals surface area contributed by atoms with Crippen LogP contribution >= 0.6 is 0 Å². The van der Waals surface area contributed by atoms with E-state index in [-0.39, 0.29) is 24.4 Å². The van der Waals surface area contributed by atoms with E-state index in [0.29, 0.717) is 5.76 Å². The Hall–Kier alpha value is -2.61. The zero-order chi connectivity index (χ0) is 15.0.